The number of likely N-dealkylation sites (tertiary alicyclic amines) is 1. The van der Waals surface area contributed by atoms with E-state index in [0.29, 0.717) is 30.4 Å². The SMILES string of the molecule is O=C(O)N1CCC(CO)(c2ccc(F)cc2Br)CC1. The first-order chi connectivity index (χ1) is 8.98. The monoisotopic (exact) mass is 331 g/mol. The van der Waals surface area contributed by atoms with Gasteiger partial charge in [0.2, 0.25) is 0 Å². The van der Waals surface area contributed by atoms with E-state index in [0.717, 1.165) is 5.56 Å². The highest BCUT2D eigenvalue weighted by Crippen LogP contribution is 2.39. The first kappa shape index (κ1) is 14.3. The van der Waals surface area contributed by atoms with Crippen LogP contribution in [-0.4, -0.2) is 40.9 Å². The summed E-state index contributed by atoms with van der Waals surface area (Å²) in [4.78, 5) is 12.2. The summed E-state index contributed by atoms with van der Waals surface area (Å²) in [7, 11) is 0. The molecule has 1 fully saturated rings. The molecule has 1 aliphatic rings. The number of carboxylic acid groups (broad SMARTS) is 1. The number of rotatable bonds is 2. The number of nitrogens with zero attached hydrogens (tertiary/aromatic N) is 1. The fourth-order valence-corrected chi connectivity index (χ4v) is 3.33. The zero-order valence-corrected chi connectivity index (χ0v) is 11.9. The molecule has 0 spiro atoms. The molecular formula is C13H15BrFNO3. The molecule has 1 aromatic rings. The van der Waals surface area contributed by atoms with E-state index in [1.54, 1.807) is 6.07 Å². The first-order valence-corrected chi connectivity index (χ1v) is 6.82. The van der Waals surface area contributed by atoms with Gasteiger partial charge in [-0.25, -0.2) is 9.18 Å². The molecule has 0 saturated carbocycles. The summed E-state index contributed by atoms with van der Waals surface area (Å²) < 4.78 is 13.7. The van der Waals surface area contributed by atoms with Crippen LogP contribution in [0.2, 0.25) is 0 Å². The van der Waals surface area contributed by atoms with E-state index >= 15 is 0 Å². The molecule has 1 aliphatic heterocycles. The Kier molecular flexibility index (Phi) is 4.10. The van der Waals surface area contributed by atoms with Crippen LogP contribution < -0.4 is 0 Å². The predicted molar refractivity (Wildman–Crippen MR) is 71.7 cm³/mol. The van der Waals surface area contributed by atoms with Crippen LogP contribution in [0.5, 0.6) is 0 Å². The molecule has 2 rings (SSSR count). The summed E-state index contributed by atoms with van der Waals surface area (Å²) >= 11 is 3.32. The summed E-state index contributed by atoms with van der Waals surface area (Å²) in [6.45, 7) is 0.671. The van der Waals surface area contributed by atoms with Gasteiger partial charge < -0.3 is 15.1 Å². The van der Waals surface area contributed by atoms with Crippen molar-refractivity contribution in [2.75, 3.05) is 19.7 Å². The van der Waals surface area contributed by atoms with E-state index in [1.165, 1.54) is 17.0 Å². The number of aliphatic hydroxyl groups excluding tert-OH is 1. The van der Waals surface area contributed by atoms with Gasteiger partial charge in [0.25, 0.3) is 0 Å². The predicted octanol–water partition coefficient (Wildman–Crippen LogP) is 2.59. The fraction of sp³-hybridized carbons (Fsp3) is 0.462. The minimum atomic E-state index is -0.940. The van der Waals surface area contributed by atoms with Crippen LogP contribution in [0.3, 0.4) is 0 Å². The molecule has 4 nitrogen and oxygen atoms in total. The molecule has 6 heteroatoms. The van der Waals surface area contributed by atoms with E-state index in [2.05, 4.69) is 15.9 Å². The summed E-state index contributed by atoms with van der Waals surface area (Å²) in [5.74, 6) is -0.341. The number of carbonyl (C=O) groups is 1. The Morgan fingerprint density at radius 3 is 2.53 bits per heavy atom. The molecule has 1 aromatic carbocycles. The van der Waals surface area contributed by atoms with Gasteiger partial charge in [-0.05, 0) is 30.5 Å². The Bertz CT molecular complexity index is 487. The molecule has 104 valence electrons. The Morgan fingerprint density at radius 2 is 2.05 bits per heavy atom. The van der Waals surface area contributed by atoms with E-state index in [1.807, 2.05) is 0 Å². The normalized spacial score (nSPS) is 18.4. The molecule has 1 saturated heterocycles. The van der Waals surface area contributed by atoms with Gasteiger partial charge in [-0.1, -0.05) is 22.0 Å². The van der Waals surface area contributed by atoms with Crippen molar-refractivity contribution in [2.24, 2.45) is 0 Å². The lowest BCUT2D eigenvalue weighted by atomic mass is 9.73. The van der Waals surface area contributed by atoms with Gasteiger partial charge in [0.05, 0.1) is 6.61 Å². The fourth-order valence-electron chi connectivity index (χ4n) is 2.56. The van der Waals surface area contributed by atoms with E-state index in [4.69, 9.17) is 5.11 Å². The van der Waals surface area contributed by atoms with Crippen LogP contribution >= 0.6 is 15.9 Å². The molecule has 1 amide bonds. The number of amides is 1. The van der Waals surface area contributed by atoms with Gasteiger partial charge in [0.15, 0.2) is 0 Å². The van der Waals surface area contributed by atoms with Crippen LogP contribution in [0.25, 0.3) is 0 Å². The number of benzene rings is 1. The van der Waals surface area contributed by atoms with Crippen LogP contribution in [-0.2, 0) is 5.41 Å². The highest BCUT2D eigenvalue weighted by Gasteiger charge is 2.38. The van der Waals surface area contributed by atoms with Crippen LogP contribution in [0, 0.1) is 5.82 Å². The van der Waals surface area contributed by atoms with Gasteiger partial charge in [-0.15, -0.1) is 0 Å². The second-order valence-corrected chi connectivity index (χ2v) is 5.69. The van der Waals surface area contributed by atoms with Crippen LogP contribution in [0.1, 0.15) is 18.4 Å². The van der Waals surface area contributed by atoms with Crippen molar-refractivity contribution >= 4 is 22.0 Å². The number of piperidine rings is 1. The quantitative estimate of drug-likeness (QED) is 0.875. The first-order valence-electron chi connectivity index (χ1n) is 6.03. The van der Waals surface area contributed by atoms with Crippen LogP contribution in [0.4, 0.5) is 9.18 Å². The zero-order chi connectivity index (χ0) is 14.0. The second-order valence-electron chi connectivity index (χ2n) is 4.83. The third kappa shape index (κ3) is 2.74. The van der Waals surface area contributed by atoms with Crippen molar-refractivity contribution in [2.45, 2.75) is 18.3 Å². The number of aliphatic hydroxyl groups is 1. The molecule has 2 N–H and O–H groups in total. The number of hydrogen-bond acceptors (Lipinski definition) is 2. The lowest BCUT2D eigenvalue weighted by molar-refractivity contribution is 0.0891. The third-order valence-electron chi connectivity index (χ3n) is 3.80. The molecule has 19 heavy (non-hydrogen) atoms. The zero-order valence-electron chi connectivity index (χ0n) is 10.3. The van der Waals surface area contributed by atoms with Gasteiger partial charge in [-0.3, -0.25) is 0 Å². The van der Waals surface area contributed by atoms with Gasteiger partial charge >= 0.3 is 6.09 Å². The van der Waals surface area contributed by atoms with Crippen molar-refractivity contribution < 1.29 is 19.4 Å². The average molecular weight is 332 g/mol. The van der Waals surface area contributed by atoms with Crippen molar-refractivity contribution in [3.05, 3.63) is 34.1 Å². The lowest BCUT2D eigenvalue weighted by Crippen LogP contribution is -2.46. The molecule has 0 radical (unpaired) electrons. The molecule has 0 aromatic heterocycles. The van der Waals surface area contributed by atoms with Crippen molar-refractivity contribution in [1.29, 1.82) is 0 Å². The molecule has 0 unspecified atom stereocenters. The summed E-state index contributed by atoms with van der Waals surface area (Å²) in [6, 6.07) is 4.39. The molecule has 0 atom stereocenters. The minimum Gasteiger partial charge on any atom is -0.465 e. The molecular weight excluding hydrogens is 317 g/mol. The Labute approximate surface area is 119 Å². The largest absolute Gasteiger partial charge is 0.465 e. The average Bonchev–Trinajstić information content (AvgIpc) is 2.38. The third-order valence-corrected chi connectivity index (χ3v) is 4.45. The van der Waals surface area contributed by atoms with Crippen molar-refractivity contribution in [1.82, 2.24) is 4.90 Å². The Balaban J connectivity index is 2.27. The lowest BCUT2D eigenvalue weighted by Gasteiger charge is -2.40. The maximum Gasteiger partial charge on any atom is 0.407 e. The number of hydrogen-bond donors (Lipinski definition) is 2. The number of halogens is 2. The van der Waals surface area contributed by atoms with Crippen LogP contribution in [0.15, 0.2) is 22.7 Å². The van der Waals surface area contributed by atoms with E-state index in [-0.39, 0.29) is 12.4 Å². The van der Waals surface area contributed by atoms with E-state index < -0.39 is 11.5 Å². The molecule has 0 aliphatic carbocycles. The standard InChI is InChI=1S/C13H15BrFNO3/c14-11-7-9(15)1-2-10(11)13(8-17)3-5-16(6-4-13)12(18)19/h1-2,7,17H,3-6,8H2,(H,18,19). The maximum absolute atomic E-state index is 13.1. The molecule has 1 heterocycles. The minimum absolute atomic E-state index is 0.0787. The van der Waals surface area contributed by atoms with Gasteiger partial charge in [0, 0.05) is 23.0 Å². The molecule has 0 bridgehead atoms. The Morgan fingerprint density at radius 1 is 1.42 bits per heavy atom. The summed E-state index contributed by atoms with van der Waals surface area (Å²) in [5.41, 5.74) is 0.333. The van der Waals surface area contributed by atoms with Crippen molar-refractivity contribution in [3.8, 4) is 0 Å². The van der Waals surface area contributed by atoms with Gasteiger partial charge in [0.1, 0.15) is 5.82 Å². The summed E-state index contributed by atoms with van der Waals surface area (Å²) in [5, 5.41) is 18.7. The Hall–Kier alpha value is -1.14. The topological polar surface area (TPSA) is 60.8 Å². The van der Waals surface area contributed by atoms with Gasteiger partial charge in [-0.2, -0.15) is 0 Å². The smallest absolute Gasteiger partial charge is 0.407 e. The van der Waals surface area contributed by atoms with E-state index in [9.17, 15) is 14.3 Å². The maximum atomic E-state index is 13.1. The second kappa shape index (κ2) is 5.46. The highest BCUT2D eigenvalue weighted by atomic mass is 79.9. The summed E-state index contributed by atoms with van der Waals surface area (Å²) in [6.07, 6.45) is 0.116. The highest BCUT2D eigenvalue weighted by molar-refractivity contribution is 9.10. The van der Waals surface area contributed by atoms with Crippen molar-refractivity contribution in [3.63, 3.8) is 0 Å².